The van der Waals surface area contributed by atoms with E-state index in [1.807, 2.05) is 213 Å². The monoisotopic (exact) mass is 3020 g/mol. The van der Waals surface area contributed by atoms with Crippen molar-refractivity contribution in [3.63, 3.8) is 0 Å². The number of hydrogen-bond acceptors (Lipinski definition) is 31. The van der Waals surface area contributed by atoms with Gasteiger partial charge in [-0.05, 0) is 237 Å². The Hall–Kier alpha value is 11.6. The van der Waals surface area contributed by atoms with E-state index in [0.29, 0.717) is 58.5 Å². The Bertz CT molecular complexity index is 3320. The second-order valence-corrected chi connectivity index (χ2v) is 53.7. The van der Waals surface area contributed by atoms with Gasteiger partial charge in [0.2, 0.25) is 0 Å². The van der Waals surface area contributed by atoms with E-state index in [-0.39, 0.29) is 516 Å². The molecule has 45 heteroatoms. The number of hydrogen-bond donors (Lipinski definition) is 3. The third-order valence-electron chi connectivity index (χ3n) is 20.2. The van der Waals surface area contributed by atoms with Crippen LogP contribution < -0.4 is 0 Å². The van der Waals surface area contributed by atoms with Crippen LogP contribution in [-0.4, -0.2) is 595 Å². The largest absolute Gasteiger partial charge is 2.00 e. The first-order valence-electron chi connectivity index (χ1n) is 49.1. The molecule has 7 rings (SSSR count). The Morgan fingerprint density at radius 2 is 0.521 bits per heavy atom. The van der Waals surface area contributed by atoms with Gasteiger partial charge in [-0.1, -0.05) is 44.0 Å². The van der Waals surface area contributed by atoms with Crippen LogP contribution in [0.1, 0.15) is 319 Å². The summed E-state index contributed by atoms with van der Waals surface area (Å²) in [6.07, 6.45) is 26.2. The number of aliphatic hydroxyl groups is 3. The van der Waals surface area contributed by atoms with Crippen LogP contribution in [-0.2, 0) is 128 Å². The first kappa shape index (κ1) is 164. The third kappa shape index (κ3) is 85.5. The van der Waals surface area contributed by atoms with Crippen molar-refractivity contribution >= 4 is 395 Å². The minimum Gasteiger partial charge on any atom is -1.00 e. The fraction of sp³-hybridized carbons (Fsp3) is 0.926. The van der Waals surface area contributed by atoms with Gasteiger partial charge in [0.1, 0.15) is 0 Å². The van der Waals surface area contributed by atoms with E-state index in [2.05, 4.69) is 25.7 Å². The summed E-state index contributed by atoms with van der Waals surface area (Å²) in [7, 11) is -21.3. The maximum absolute atomic E-state index is 12.3. The summed E-state index contributed by atoms with van der Waals surface area (Å²) < 4.78 is 203. The zero-order valence-corrected chi connectivity index (χ0v) is 131. The molecule has 0 aromatic carbocycles. The van der Waals surface area contributed by atoms with Crippen LogP contribution in [0.3, 0.4) is 0 Å². The standard InChI is InChI=1S/3C14H28O5P.C14H28O4P.3C13H26O4P.7Ba.7H/c2*1-10(2)17-9-12-6-7-13(15)8-14(12)19-20(5,16)18-11(3)4;1-10(2)17-9-12-7-6-8-13(15)14(12)19-20(5,16)18-11(3)4;1-11(2)16-10-13-8-6-7-9-14(13)18-19(5,15)17-12(3)4;1-10(2)15-12-7-6-8-13(9-12)17-18(5,14)16-11(3)4;2*1-10(2)15-12-8-6-7-9-13(12)17-18(5,14)16-11(3)4;;;;;;;;;;;;;;/h2*7,10-15H,6,8-9H2,1-5H3;6,10-15H,7-9H2,1-5H3;6,11-14H,7-10H2,1-5H3;8,10-13H,6-7,9H2,1-5H3;2*7,10-13H,6,8-9H2,1-5H3;;;;;;;;;;;;;;/q7*-1;7*+2;7*-1. The minimum atomic E-state index is -3.17. The summed E-state index contributed by atoms with van der Waals surface area (Å²) in [5.41, 5.74) is 0. The molecule has 0 aromatic heterocycles. The van der Waals surface area contributed by atoms with Gasteiger partial charge in [0.25, 0.3) is 0 Å². The van der Waals surface area contributed by atoms with E-state index in [9.17, 15) is 47.3 Å². The first-order chi connectivity index (χ1) is 61.3. The molecule has 3 N–H and O–H groups in total. The summed E-state index contributed by atoms with van der Waals surface area (Å²) in [5.74, 6) is 0.486. The second kappa shape index (κ2) is 87.2. The Morgan fingerprint density at radius 3 is 0.829 bits per heavy atom. The predicted octanol–water partition coefficient (Wildman–Crippen LogP) is 22.6. The van der Waals surface area contributed by atoms with Crippen LogP contribution in [0.4, 0.5) is 0 Å². The molecule has 0 amide bonds. The maximum atomic E-state index is 12.3. The van der Waals surface area contributed by atoms with Crippen LogP contribution in [0.5, 0.6) is 0 Å². The molecule has 7 fully saturated rings. The number of rotatable bonds is 46. The van der Waals surface area contributed by atoms with Gasteiger partial charge in [0.15, 0.2) is 0 Å². The van der Waals surface area contributed by atoms with Gasteiger partial charge in [0, 0.05) is 73.1 Å². The Kier molecular flexibility index (Phi) is 103. The first-order valence-corrected chi connectivity index (χ1v) is 63.0. The number of aliphatic hydroxyl groups excluding tert-OH is 3. The van der Waals surface area contributed by atoms with Gasteiger partial charge >= 0.3 is 395 Å². The fourth-order valence-corrected chi connectivity index (χ4v) is 26.5. The van der Waals surface area contributed by atoms with Gasteiger partial charge < -0.3 is 147 Å². The van der Waals surface area contributed by atoms with Gasteiger partial charge in [0.05, 0.1) is 146 Å². The van der Waals surface area contributed by atoms with E-state index in [1.54, 1.807) is 6.66 Å². The molecule has 0 bridgehead atoms. The van der Waals surface area contributed by atoms with Crippen molar-refractivity contribution in [3.05, 3.63) is 44.9 Å². The quantitative estimate of drug-likeness (QED) is 0.0289. The second-order valence-electron chi connectivity index (χ2n) is 40.0. The average molecular weight is 3010 g/mol. The Morgan fingerprint density at radius 1 is 0.257 bits per heavy atom. The molecule has 7 saturated carbocycles. The molecule has 24 unspecified atom stereocenters. The molecule has 812 valence electrons. The SMILES string of the molecule is CC(C)OC1CC[CH-]C(OP(C)(=O)OC(C)C)C1.CC(C)OC1CC[CH-]CC1OP(C)(=O)OC(C)C.CC(C)OC1CC[CH-]CC1OP(C)(=O)OC(C)C.CC(C)OCC1C[CH-]C(O)CC1OP(C)(=O)OC(C)C.CC(C)OCC1C[CH-]C(O)CC1OP(C)(=O)OC(C)C.CC(C)OCC1C[CH-]CC(O)C1OP(C)(=O)OC(C)C.CC(C)OCC1C[CH-]CCC1OP(C)(=O)OC(C)C.[Ba+2].[Ba+2].[Ba+2].[Ba+2].[Ba+2].[Ba+2].[Ba+2].[H-].[H-].[H-].[H-].[H-].[H-].[H-]. The smallest absolute Gasteiger partial charge is 1.00 e. The van der Waals surface area contributed by atoms with Crippen molar-refractivity contribution in [2.75, 3.05) is 73.1 Å². The molecule has 24 atom stereocenters. The van der Waals surface area contributed by atoms with E-state index >= 15 is 0 Å². The van der Waals surface area contributed by atoms with Crippen LogP contribution >= 0.6 is 53.2 Å². The number of ether oxygens (including phenoxy) is 7. The van der Waals surface area contributed by atoms with E-state index in [1.165, 1.54) is 40.0 Å². The summed E-state index contributed by atoms with van der Waals surface area (Å²) in [5, 5.41) is 29.6. The van der Waals surface area contributed by atoms with Gasteiger partial charge in [-0.3, -0.25) is 51.2 Å². The minimum absolute atomic E-state index is 0. The van der Waals surface area contributed by atoms with Gasteiger partial charge in [-0.2, -0.15) is 57.8 Å². The van der Waals surface area contributed by atoms with Gasteiger partial charge in [-0.15, -0.1) is 12.8 Å². The van der Waals surface area contributed by atoms with E-state index in [0.717, 1.165) is 83.5 Å². The van der Waals surface area contributed by atoms with Crippen LogP contribution in [0, 0.1) is 68.6 Å². The van der Waals surface area contributed by atoms with Crippen molar-refractivity contribution in [1.82, 2.24) is 0 Å². The summed E-state index contributed by atoms with van der Waals surface area (Å²) in [6, 6.07) is 0. The van der Waals surface area contributed by atoms with Crippen LogP contribution in [0.15, 0.2) is 0 Å². The predicted molar refractivity (Wildman–Crippen MR) is 580 cm³/mol. The molecule has 7 aliphatic rings. The fourth-order valence-electron chi connectivity index (χ4n) is 15.7. The molecule has 0 radical (unpaired) electrons. The maximum Gasteiger partial charge on any atom is 2.00 e. The van der Waals surface area contributed by atoms with Gasteiger partial charge in [-0.25, -0.2) is 0 Å². The summed E-state index contributed by atoms with van der Waals surface area (Å²) >= 11 is 0. The topological polar surface area (TPSA) is 374 Å². The Labute approximate surface area is 1140 Å². The average Bonchev–Trinajstić information content (AvgIpc) is 0.826. The van der Waals surface area contributed by atoms with Crippen LogP contribution in [0.25, 0.3) is 0 Å². The molecule has 0 aliphatic heterocycles. The van der Waals surface area contributed by atoms with E-state index in [4.69, 9.17) is 96.5 Å². The van der Waals surface area contributed by atoms with Crippen molar-refractivity contribution in [3.8, 4) is 0 Å². The molecule has 0 spiro atoms. The Balaban J connectivity index is -0.000000115. The molecule has 0 aromatic rings. The molecule has 0 heterocycles. The summed E-state index contributed by atoms with van der Waals surface area (Å²) in [6.45, 7) is 66.5. The van der Waals surface area contributed by atoms with Crippen molar-refractivity contribution in [2.24, 2.45) is 23.7 Å². The van der Waals surface area contributed by atoms with Crippen LogP contribution in [0.2, 0.25) is 0 Å². The molecule has 0 saturated heterocycles. The van der Waals surface area contributed by atoms with E-state index < -0.39 is 77.6 Å². The zero-order valence-electron chi connectivity index (χ0n) is 100. The van der Waals surface area contributed by atoms with Crippen molar-refractivity contribution in [2.45, 2.75) is 474 Å². The zero-order chi connectivity index (χ0) is 102. The van der Waals surface area contributed by atoms with Crippen molar-refractivity contribution in [1.29, 1.82) is 0 Å². The third-order valence-corrected chi connectivity index (χ3v) is 30.3. The summed E-state index contributed by atoms with van der Waals surface area (Å²) in [4.78, 5) is 0. The molecular weight excluding hydrogens is 2820 g/mol. The molecule has 140 heavy (non-hydrogen) atoms. The molecule has 7 aliphatic carbocycles. The molecular formula is C95H197Ba7O31P7. The molecule has 31 nitrogen and oxygen atoms in total. The normalized spacial score (nSPS) is 28.0. The van der Waals surface area contributed by atoms with Crippen molar-refractivity contribution < 1.29 is 154 Å².